The van der Waals surface area contributed by atoms with Gasteiger partial charge in [0.25, 0.3) is 5.91 Å². The summed E-state index contributed by atoms with van der Waals surface area (Å²) in [5, 5.41) is 2.95. The van der Waals surface area contributed by atoms with E-state index in [0.29, 0.717) is 17.3 Å². The Kier molecular flexibility index (Phi) is 4.83. The Balaban J connectivity index is 1.91. The van der Waals surface area contributed by atoms with Crippen molar-refractivity contribution in [1.82, 2.24) is 10.3 Å². The van der Waals surface area contributed by atoms with Gasteiger partial charge in [0.2, 0.25) is 0 Å². The zero-order valence-corrected chi connectivity index (χ0v) is 13.0. The van der Waals surface area contributed by atoms with Crippen LogP contribution >= 0.6 is 0 Å². The largest absolute Gasteiger partial charge is 0.469 e. The number of aryl methyl sites for hydroxylation is 2. The highest BCUT2D eigenvalue weighted by Gasteiger charge is 2.20. The maximum atomic E-state index is 12.2. The summed E-state index contributed by atoms with van der Waals surface area (Å²) >= 11 is 0. The Bertz CT molecular complexity index is 585. The van der Waals surface area contributed by atoms with Gasteiger partial charge in [-0.15, -0.1) is 0 Å². The molecular weight excluding hydrogens is 268 g/mol. The lowest BCUT2D eigenvalue weighted by molar-refractivity contribution is 0.0932. The lowest BCUT2D eigenvalue weighted by Crippen LogP contribution is -2.33. The molecule has 0 aromatic carbocycles. The molecule has 2 heterocycles. The molecule has 5 heteroatoms. The molecule has 0 aliphatic rings. The number of hydrogen-bond donors (Lipinski definition) is 1. The van der Waals surface area contributed by atoms with Gasteiger partial charge in [-0.25, -0.2) is 4.98 Å². The molecule has 2 rings (SSSR count). The third-order valence-electron chi connectivity index (χ3n) is 3.30. The molecule has 0 saturated carbocycles. The Morgan fingerprint density at radius 3 is 2.71 bits per heavy atom. The van der Waals surface area contributed by atoms with Crippen LogP contribution in [0.1, 0.15) is 61.0 Å². The number of hydrogen-bond acceptors (Lipinski definition) is 4. The predicted molar refractivity (Wildman–Crippen MR) is 79.3 cm³/mol. The average Bonchev–Trinajstić information content (AvgIpc) is 3.05. The maximum Gasteiger partial charge on any atom is 0.273 e. The van der Waals surface area contributed by atoms with Gasteiger partial charge in [-0.1, -0.05) is 13.8 Å². The summed E-state index contributed by atoms with van der Waals surface area (Å²) < 4.78 is 10.8. The van der Waals surface area contributed by atoms with Crippen molar-refractivity contribution in [3.05, 3.63) is 41.5 Å². The van der Waals surface area contributed by atoms with Gasteiger partial charge in [0.15, 0.2) is 11.6 Å². The van der Waals surface area contributed by atoms with Crippen LogP contribution in [0, 0.1) is 6.92 Å². The molecule has 0 unspecified atom stereocenters. The van der Waals surface area contributed by atoms with Gasteiger partial charge in [-0.3, -0.25) is 4.79 Å². The first-order valence-electron chi connectivity index (χ1n) is 7.28. The summed E-state index contributed by atoms with van der Waals surface area (Å²) in [7, 11) is 0. The normalized spacial score (nSPS) is 12.6. The van der Waals surface area contributed by atoms with Crippen LogP contribution in [-0.4, -0.2) is 16.9 Å². The minimum atomic E-state index is -0.185. The lowest BCUT2D eigenvalue weighted by atomic mass is 10.1. The zero-order valence-electron chi connectivity index (χ0n) is 13.0. The number of rotatable bonds is 6. The number of furan rings is 1. The SMILES string of the molecule is Cc1oc(C(C)C)nc1C(=O)N[C@H](C)CCc1ccco1. The molecule has 0 radical (unpaired) electrons. The van der Waals surface area contributed by atoms with E-state index in [-0.39, 0.29) is 17.9 Å². The van der Waals surface area contributed by atoms with Gasteiger partial charge < -0.3 is 14.2 Å². The Morgan fingerprint density at radius 2 is 2.14 bits per heavy atom. The molecule has 21 heavy (non-hydrogen) atoms. The van der Waals surface area contributed by atoms with E-state index in [0.717, 1.165) is 18.6 Å². The van der Waals surface area contributed by atoms with E-state index in [4.69, 9.17) is 8.83 Å². The third kappa shape index (κ3) is 3.97. The van der Waals surface area contributed by atoms with Crippen molar-refractivity contribution in [3.63, 3.8) is 0 Å². The molecule has 2 aromatic rings. The second-order valence-electron chi connectivity index (χ2n) is 5.60. The van der Waals surface area contributed by atoms with Crippen LogP contribution in [0.5, 0.6) is 0 Å². The van der Waals surface area contributed by atoms with Crippen LogP contribution in [0.25, 0.3) is 0 Å². The smallest absolute Gasteiger partial charge is 0.273 e. The van der Waals surface area contributed by atoms with Crippen LogP contribution in [-0.2, 0) is 6.42 Å². The number of carbonyl (C=O) groups excluding carboxylic acids is 1. The van der Waals surface area contributed by atoms with Crippen molar-refractivity contribution in [3.8, 4) is 0 Å². The molecule has 1 N–H and O–H groups in total. The van der Waals surface area contributed by atoms with Crippen LogP contribution in [0.15, 0.2) is 27.2 Å². The first kappa shape index (κ1) is 15.4. The minimum Gasteiger partial charge on any atom is -0.469 e. The number of nitrogens with zero attached hydrogens (tertiary/aromatic N) is 1. The van der Waals surface area contributed by atoms with E-state index in [9.17, 15) is 4.79 Å². The highest BCUT2D eigenvalue weighted by Crippen LogP contribution is 2.17. The molecular formula is C16H22N2O3. The lowest BCUT2D eigenvalue weighted by Gasteiger charge is -2.12. The molecule has 0 spiro atoms. The predicted octanol–water partition coefficient (Wildman–Crippen LogP) is 3.45. The van der Waals surface area contributed by atoms with Crippen LogP contribution in [0.3, 0.4) is 0 Å². The Labute approximate surface area is 124 Å². The first-order valence-corrected chi connectivity index (χ1v) is 7.28. The van der Waals surface area contributed by atoms with E-state index < -0.39 is 0 Å². The molecule has 2 aromatic heterocycles. The molecule has 114 valence electrons. The topological polar surface area (TPSA) is 68.3 Å². The Morgan fingerprint density at radius 1 is 1.38 bits per heavy atom. The van der Waals surface area contributed by atoms with Gasteiger partial charge >= 0.3 is 0 Å². The molecule has 0 aliphatic carbocycles. The van der Waals surface area contributed by atoms with Gasteiger partial charge in [0, 0.05) is 18.4 Å². The molecule has 1 atom stereocenters. The summed E-state index contributed by atoms with van der Waals surface area (Å²) in [6, 6.07) is 3.84. The average molecular weight is 290 g/mol. The van der Waals surface area contributed by atoms with E-state index in [1.165, 1.54) is 0 Å². The van der Waals surface area contributed by atoms with Crippen molar-refractivity contribution in [1.29, 1.82) is 0 Å². The summed E-state index contributed by atoms with van der Waals surface area (Å²) in [5.74, 6) is 2.07. The standard InChI is InChI=1S/C16H22N2O3/c1-10(2)16-18-14(12(4)21-16)15(19)17-11(3)7-8-13-6-5-9-20-13/h5-6,9-11H,7-8H2,1-4H3,(H,17,19)/t11-/m1/s1. The fourth-order valence-electron chi connectivity index (χ4n) is 2.05. The summed E-state index contributed by atoms with van der Waals surface area (Å²) in [6.45, 7) is 7.71. The van der Waals surface area contributed by atoms with Crippen molar-refractivity contribution < 1.29 is 13.6 Å². The van der Waals surface area contributed by atoms with Crippen molar-refractivity contribution >= 4 is 5.91 Å². The van der Waals surface area contributed by atoms with Crippen LogP contribution in [0.2, 0.25) is 0 Å². The highest BCUT2D eigenvalue weighted by atomic mass is 16.4. The highest BCUT2D eigenvalue weighted by molar-refractivity contribution is 5.93. The van der Waals surface area contributed by atoms with Crippen LogP contribution < -0.4 is 5.32 Å². The summed E-state index contributed by atoms with van der Waals surface area (Å²) in [6.07, 6.45) is 3.27. The van der Waals surface area contributed by atoms with Gasteiger partial charge in [0.1, 0.15) is 11.5 Å². The van der Waals surface area contributed by atoms with Gasteiger partial charge in [-0.2, -0.15) is 0 Å². The minimum absolute atomic E-state index is 0.0428. The second-order valence-corrected chi connectivity index (χ2v) is 5.60. The number of amides is 1. The number of carbonyl (C=O) groups is 1. The second kappa shape index (κ2) is 6.61. The van der Waals surface area contributed by atoms with Crippen molar-refractivity contribution in [2.45, 2.75) is 52.5 Å². The molecule has 0 fully saturated rings. The van der Waals surface area contributed by atoms with Gasteiger partial charge in [-0.05, 0) is 32.4 Å². The van der Waals surface area contributed by atoms with Gasteiger partial charge in [0.05, 0.1) is 6.26 Å². The first-order chi connectivity index (χ1) is 9.97. The fraction of sp³-hybridized carbons (Fsp3) is 0.500. The number of oxazole rings is 1. The van der Waals surface area contributed by atoms with E-state index in [2.05, 4.69) is 10.3 Å². The van der Waals surface area contributed by atoms with Crippen LogP contribution in [0.4, 0.5) is 0 Å². The molecule has 1 amide bonds. The quantitative estimate of drug-likeness (QED) is 0.884. The van der Waals surface area contributed by atoms with E-state index in [1.54, 1.807) is 13.2 Å². The summed E-state index contributed by atoms with van der Waals surface area (Å²) in [4.78, 5) is 16.5. The molecule has 0 aliphatic heterocycles. The fourth-order valence-corrected chi connectivity index (χ4v) is 2.05. The molecule has 5 nitrogen and oxygen atoms in total. The monoisotopic (exact) mass is 290 g/mol. The third-order valence-corrected chi connectivity index (χ3v) is 3.30. The molecule has 0 saturated heterocycles. The van der Waals surface area contributed by atoms with Crippen molar-refractivity contribution in [2.75, 3.05) is 0 Å². The summed E-state index contributed by atoms with van der Waals surface area (Å²) in [5.41, 5.74) is 0.378. The van der Waals surface area contributed by atoms with E-state index in [1.807, 2.05) is 32.9 Å². The zero-order chi connectivity index (χ0) is 15.4. The molecule has 0 bridgehead atoms. The number of nitrogens with one attached hydrogen (secondary N) is 1. The van der Waals surface area contributed by atoms with Crippen molar-refractivity contribution in [2.24, 2.45) is 0 Å². The Hall–Kier alpha value is -2.04. The van der Waals surface area contributed by atoms with E-state index >= 15 is 0 Å². The number of aromatic nitrogens is 1. The maximum absolute atomic E-state index is 12.2.